The highest BCUT2D eigenvalue weighted by Gasteiger charge is 2.41. The molecule has 3 N–H and O–H groups in total. The minimum Gasteiger partial charge on any atom is -0.504 e. The number of nitrogens with two attached hydrogens (primary N) is 1. The summed E-state index contributed by atoms with van der Waals surface area (Å²) in [5, 5.41) is 10.7. The number of ether oxygens (including phenoxy) is 2. The van der Waals surface area contributed by atoms with E-state index >= 15 is 0 Å². The summed E-state index contributed by atoms with van der Waals surface area (Å²) < 4.78 is 12.0. The summed E-state index contributed by atoms with van der Waals surface area (Å²) in [6.45, 7) is 2.08. The molecule has 1 aromatic rings. The largest absolute Gasteiger partial charge is 0.504 e. The van der Waals surface area contributed by atoms with Crippen molar-refractivity contribution in [1.29, 1.82) is 0 Å². The van der Waals surface area contributed by atoms with Crippen molar-refractivity contribution in [3.63, 3.8) is 0 Å². The number of aromatic hydroxyl groups is 1. The zero-order chi connectivity index (χ0) is 15.9. The van der Waals surface area contributed by atoms with Crippen LogP contribution in [0.2, 0.25) is 0 Å². The molecule has 4 heteroatoms. The number of benzene rings is 1. The Morgan fingerprint density at radius 1 is 0.870 bits per heavy atom. The van der Waals surface area contributed by atoms with Crippen molar-refractivity contribution >= 4 is 0 Å². The van der Waals surface area contributed by atoms with Crippen molar-refractivity contribution in [2.75, 3.05) is 19.8 Å². The predicted octanol–water partition coefficient (Wildman–Crippen LogP) is 3.20. The van der Waals surface area contributed by atoms with Crippen molar-refractivity contribution in [3.8, 4) is 17.2 Å². The smallest absolute Gasteiger partial charge is 0.164 e. The molecule has 0 aromatic heterocycles. The lowest BCUT2D eigenvalue weighted by molar-refractivity contribution is 0.232. The first-order chi connectivity index (χ1) is 11.3. The first kappa shape index (κ1) is 15.1. The van der Waals surface area contributed by atoms with Gasteiger partial charge in [-0.05, 0) is 38.5 Å². The number of fused-ring (bicyclic) bond motifs is 2. The summed E-state index contributed by atoms with van der Waals surface area (Å²) in [7, 11) is 0. The second kappa shape index (κ2) is 5.90. The molecule has 1 aliphatic carbocycles. The first-order valence-corrected chi connectivity index (χ1v) is 9.14. The summed E-state index contributed by atoms with van der Waals surface area (Å²) in [5.74, 6) is 1.97. The Hall–Kier alpha value is -1.42. The SMILES string of the molecule is NCC1(c2c3c(c(O)c4c2OCCC4)OCCC3)CCCCC1. The molecular formula is C19H27NO3. The van der Waals surface area contributed by atoms with Crippen LogP contribution in [-0.2, 0) is 18.3 Å². The fraction of sp³-hybridized carbons (Fsp3) is 0.684. The van der Waals surface area contributed by atoms with Crippen LogP contribution < -0.4 is 15.2 Å². The Kier molecular flexibility index (Phi) is 3.88. The third-order valence-corrected chi connectivity index (χ3v) is 5.94. The maximum atomic E-state index is 10.7. The van der Waals surface area contributed by atoms with E-state index in [4.69, 9.17) is 15.2 Å². The van der Waals surface area contributed by atoms with Crippen LogP contribution in [-0.4, -0.2) is 24.9 Å². The normalized spacial score (nSPS) is 22.5. The van der Waals surface area contributed by atoms with Crippen molar-refractivity contribution < 1.29 is 14.6 Å². The van der Waals surface area contributed by atoms with Gasteiger partial charge in [-0.25, -0.2) is 0 Å². The van der Waals surface area contributed by atoms with E-state index in [-0.39, 0.29) is 5.41 Å². The number of hydrogen-bond acceptors (Lipinski definition) is 4. The van der Waals surface area contributed by atoms with E-state index < -0.39 is 0 Å². The van der Waals surface area contributed by atoms with Gasteiger partial charge < -0.3 is 20.3 Å². The van der Waals surface area contributed by atoms with Gasteiger partial charge in [-0.1, -0.05) is 19.3 Å². The molecule has 0 unspecified atom stereocenters. The Morgan fingerprint density at radius 2 is 1.52 bits per heavy atom. The topological polar surface area (TPSA) is 64.7 Å². The van der Waals surface area contributed by atoms with E-state index in [2.05, 4.69) is 0 Å². The molecule has 0 spiro atoms. The van der Waals surface area contributed by atoms with Crippen LogP contribution >= 0.6 is 0 Å². The molecule has 23 heavy (non-hydrogen) atoms. The molecule has 2 aliphatic heterocycles. The minimum atomic E-state index is -0.00183. The summed E-state index contributed by atoms with van der Waals surface area (Å²) in [6.07, 6.45) is 9.76. The molecule has 2 heterocycles. The van der Waals surface area contributed by atoms with Crippen LogP contribution in [0.5, 0.6) is 17.2 Å². The van der Waals surface area contributed by atoms with Gasteiger partial charge in [0.1, 0.15) is 5.75 Å². The fourth-order valence-electron chi connectivity index (χ4n) is 4.77. The lowest BCUT2D eigenvalue weighted by Gasteiger charge is -2.41. The Bertz CT molecular complexity index is 568. The number of phenols is 1. The van der Waals surface area contributed by atoms with E-state index in [1.165, 1.54) is 30.4 Å². The van der Waals surface area contributed by atoms with E-state index in [1.54, 1.807) is 0 Å². The zero-order valence-electron chi connectivity index (χ0n) is 13.8. The van der Waals surface area contributed by atoms with Gasteiger partial charge in [0.25, 0.3) is 0 Å². The van der Waals surface area contributed by atoms with Crippen LogP contribution in [0.3, 0.4) is 0 Å². The molecule has 4 nitrogen and oxygen atoms in total. The molecule has 3 aliphatic rings. The second-order valence-electron chi connectivity index (χ2n) is 7.29. The maximum Gasteiger partial charge on any atom is 0.164 e. The van der Waals surface area contributed by atoms with E-state index in [0.717, 1.165) is 56.4 Å². The van der Waals surface area contributed by atoms with Crippen molar-refractivity contribution in [2.24, 2.45) is 5.73 Å². The highest BCUT2D eigenvalue weighted by molar-refractivity contribution is 5.66. The van der Waals surface area contributed by atoms with Gasteiger partial charge >= 0.3 is 0 Å². The maximum absolute atomic E-state index is 10.7. The number of rotatable bonds is 2. The highest BCUT2D eigenvalue weighted by atomic mass is 16.5. The predicted molar refractivity (Wildman–Crippen MR) is 89.6 cm³/mol. The molecule has 0 amide bonds. The molecule has 0 bridgehead atoms. The lowest BCUT2D eigenvalue weighted by atomic mass is 9.66. The van der Waals surface area contributed by atoms with Crippen LogP contribution in [0.4, 0.5) is 0 Å². The Balaban J connectivity index is 1.96. The van der Waals surface area contributed by atoms with Crippen LogP contribution in [0.15, 0.2) is 0 Å². The summed E-state index contributed by atoms with van der Waals surface area (Å²) in [4.78, 5) is 0. The molecular weight excluding hydrogens is 290 g/mol. The van der Waals surface area contributed by atoms with Crippen LogP contribution in [0.25, 0.3) is 0 Å². The average molecular weight is 317 g/mol. The summed E-state index contributed by atoms with van der Waals surface area (Å²) >= 11 is 0. The third-order valence-electron chi connectivity index (χ3n) is 5.94. The van der Waals surface area contributed by atoms with Crippen molar-refractivity contribution in [3.05, 3.63) is 16.7 Å². The molecule has 0 radical (unpaired) electrons. The zero-order valence-corrected chi connectivity index (χ0v) is 13.8. The molecule has 4 rings (SSSR count). The van der Waals surface area contributed by atoms with Gasteiger partial charge in [0, 0.05) is 28.7 Å². The van der Waals surface area contributed by atoms with Gasteiger partial charge in [0.05, 0.1) is 13.2 Å². The quantitative estimate of drug-likeness (QED) is 0.879. The first-order valence-electron chi connectivity index (χ1n) is 9.14. The van der Waals surface area contributed by atoms with E-state index in [0.29, 0.717) is 24.7 Å². The minimum absolute atomic E-state index is 0.00183. The molecule has 126 valence electrons. The summed E-state index contributed by atoms with van der Waals surface area (Å²) in [6, 6.07) is 0. The van der Waals surface area contributed by atoms with Gasteiger partial charge in [-0.15, -0.1) is 0 Å². The van der Waals surface area contributed by atoms with Gasteiger partial charge in [-0.2, -0.15) is 0 Å². The molecule has 0 saturated heterocycles. The van der Waals surface area contributed by atoms with E-state index in [9.17, 15) is 5.11 Å². The fourth-order valence-corrected chi connectivity index (χ4v) is 4.77. The standard InChI is InChI=1S/C19H27NO3/c20-12-19(8-2-1-3-9-19)15-13-6-4-11-23-18(13)16(21)14-7-5-10-22-17(14)15/h21H,1-12,20H2. The third kappa shape index (κ3) is 2.30. The van der Waals surface area contributed by atoms with E-state index in [1.807, 2.05) is 0 Å². The Morgan fingerprint density at radius 3 is 2.22 bits per heavy atom. The Labute approximate surface area is 138 Å². The number of phenolic OH excluding ortho intramolecular Hbond substituents is 1. The monoisotopic (exact) mass is 317 g/mol. The molecule has 0 atom stereocenters. The van der Waals surface area contributed by atoms with Crippen LogP contribution in [0.1, 0.15) is 61.6 Å². The van der Waals surface area contributed by atoms with Crippen molar-refractivity contribution in [1.82, 2.24) is 0 Å². The van der Waals surface area contributed by atoms with Gasteiger partial charge in [0.2, 0.25) is 0 Å². The van der Waals surface area contributed by atoms with Crippen molar-refractivity contribution in [2.45, 2.75) is 63.2 Å². The summed E-state index contributed by atoms with van der Waals surface area (Å²) in [5.41, 5.74) is 9.71. The second-order valence-corrected chi connectivity index (χ2v) is 7.29. The van der Waals surface area contributed by atoms with Gasteiger partial charge in [-0.3, -0.25) is 0 Å². The highest BCUT2D eigenvalue weighted by Crippen LogP contribution is 2.54. The van der Waals surface area contributed by atoms with Crippen LogP contribution in [0, 0.1) is 0 Å². The number of hydrogen-bond donors (Lipinski definition) is 2. The molecule has 1 saturated carbocycles. The molecule has 1 aromatic carbocycles. The average Bonchev–Trinajstić information content (AvgIpc) is 2.63. The molecule has 1 fully saturated rings. The lowest BCUT2D eigenvalue weighted by Crippen LogP contribution is -2.39. The van der Waals surface area contributed by atoms with Gasteiger partial charge in [0.15, 0.2) is 11.5 Å².